The van der Waals surface area contributed by atoms with Crippen LogP contribution in [0.1, 0.15) is 6.92 Å². The van der Waals surface area contributed by atoms with E-state index in [1.807, 2.05) is 67.6 Å². The number of amides is 1. The average molecular weight is 394 g/mol. The molecule has 2 aromatic carbocycles. The molecule has 4 rings (SSSR count). The highest BCUT2D eigenvalue weighted by molar-refractivity contribution is 8.00. The van der Waals surface area contributed by atoms with Crippen molar-refractivity contribution in [1.29, 1.82) is 0 Å². The van der Waals surface area contributed by atoms with Gasteiger partial charge in [-0.2, -0.15) is 0 Å². The lowest BCUT2D eigenvalue weighted by Crippen LogP contribution is -2.36. The smallest absolute Gasteiger partial charge is 0.237 e. The molecule has 1 fully saturated rings. The Labute approximate surface area is 169 Å². The number of nitrogens with one attached hydrogen (secondary N) is 1. The molecule has 1 amide bonds. The van der Waals surface area contributed by atoms with Crippen molar-refractivity contribution in [1.82, 2.24) is 4.98 Å². The molecular formula is C22H23N3O2S. The van der Waals surface area contributed by atoms with Crippen LogP contribution in [-0.2, 0) is 9.53 Å². The van der Waals surface area contributed by atoms with Crippen LogP contribution in [0, 0.1) is 0 Å². The number of carbonyl (C=O) groups is 1. The molecule has 1 aliphatic heterocycles. The van der Waals surface area contributed by atoms with E-state index in [1.54, 1.807) is 0 Å². The number of thioether (sulfide) groups is 1. The summed E-state index contributed by atoms with van der Waals surface area (Å²) in [5, 5.41) is 4.71. The molecule has 0 radical (unpaired) electrons. The number of ether oxygens (including phenoxy) is 1. The predicted molar refractivity (Wildman–Crippen MR) is 115 cm³/mol. The Hall–Kier alpha value is -2.57. The fourth-order valence-corrected chi connectivity index (χ4v) is 3.99. The van der Waals surface area contributed by atoms with Crippen molar-refractivity contribution in [2.24, 2.45) is 0 Å². The molecule has 0 aliphatic carbocycles. The van der Waals surface area contributed by atoms with E-state index in [4.69, 9.17) is 4.74 Å². The molecule has 1 aliphatic rings. The van der Waals surface area contributed by atoms with Crippen LogP contribution in [0.2, 0.25) is 0 Å². The Morgan fingerprint density at radius 1 is 1.07 bits per heavy atom. The molecule has 0 bridgehead atoms. The molecule has 6 heteroatoms. The van der Waals surface area contributed by atoms with Gasteiger partial charge >= 0.3 is 0 Å². The van der Waals surface area contributed by atoms with Gasteiger partial charge in [0.2, 0.25) is 5.91 Å². The SMILES string of the molecule is C[C@H](Sc1ccc2ccccc2n1)C(=O)Nc1ccc(N2CCOCC2)cc1. The second-order valence-corrected chi connectivity index (χ2v) is 8.10. The van der Waals surface area contributed by atoms with E-state index in [9.17, 15) is 4.79 Å². The Morgan fingerprint density at radius 2 is 1.82 bits per heavy atom. The van der Waals surface area contributed by atoms with E-state index < -0.39 is 0 Å². The summed E-state index contributed by atoms with van der Waals surface area (Å²) < 4.78 is 5.39. The van der Waals surface area contributed by atoms with Gasteiger partial charge in [0.15, 0.2) is 0 Å². The average Bonchev–Trinajstić information content (AvgIpc) is 2.75. The quantitative estimate of drug-likeness (QED) is 0.659. The van der Waals surface area contributed by atoms with Crippen LogP contribution in [0.5, 0.6) is 0 Å². The predicted octanol–water partition coefficient (Wildman–Crippen LogP) is 4.19. The molecule has 1 atom stereocenters. The van der Waals surface area contributed by atoms with Gasteiger partial charge in [-0.15, -0.1) is 0 Å². The van der Waals surface area contributed by atoms with Crippen LogP contribution in [-0.4, -0.2) is 42.4 Å². The molecular weight excluding hydrogens is 370 g/mol. The zero-order valence-electron chi connectivity index (χ0n) is 15.8. The van der Waals surface area contributed by atoms with Crippen LogP contribution in [0.4, 0.5) is 11.4 Å². The van der Waals surface area contributed by atoms with E-state index in [0.717, 1.165) is 53.6 Å². The zero-order valence-corrected chi connectivity index (χ0v) is 16.6. The summed E-state index contributed by atoms with van der Waals surface area (Å²) in [6.45, 7) is 5.22. The molecule has 3 aromatic rings. The van der Waals surface area contributed by atoms with Crippen molar-refractivity contribution >= 4 is 39.9 Å². The first-order valence-corrected chi connectivity index (χ1v) is 10.3. The summed E-state index contributed by atoms with van der Waals surface area (Å²) in [5.74, 6) is -0.0286. The normalized spacial score (nSPS) is 15.4. The van der Waals surface area contributed by atoms with Crippen molar-refractivity contribution in [2.45, 2.75) is 17.2 Å². The standard InChI is InChI=1S/C22H23N3O2S/c1-16(28-21-11-6-17-4-2-3-5-20(17)24-21)22(26)23-18-7-9-19(10-8-18)25-12-14-27-15-13-25/h2-11,16H,12-15H2,1H3,(H,23,26)/t16-/m0/s1. The van der Waals surface area contributed by atoms with Gasteiger partial charge in [-0.05, 0) is 43.3 Å². The number of hydrogen-bond acceptors (Lipinski definition) is 5. The lowest BCUT2D eigenvalue weighted by Gasteiger charge is -2.28. The maximum absolute atomic E-state index is 12.6. The highest BCUT2D eigenvalue weighted by Crippen LogP contribution is 2.25. The highest BCUT2D eigenvalue weighted by Gasteiger charge is 2.16. The van der Waals surface area contributed by atoms with Gasteiger partial charge < -0.3 is 15.0 Å². The number of hydrogen-bond donors (Lipinski definition) is 1. The van der Waals surface area contributed by atoms with Crippen LogP contribution in [0.25, 0.3) is 10.9 Å². The molecule has 1 N–H and O–H groups in total. The fraction of sp³-hybridized carbons (Fsp3) is 0.273. The van der Waals surface area contributed by atoms with E-state index in [1.165, 1.54) is 11.8 Å². The maximum Gasteiger partial charge on any atom is 0.237 e. The fourth-order valence-electron chi connectivity index (χ4n) is 3.17. The summed E-state index contributed by atoms with van der Waals surface area (Å²) in [6, 6.07) is 20.0. The van der Waals surface area contributed by atoms with E-state index in [0.29, 0.717) is 0 Å². The first kappa shape index (κ1) is 18.8. The van der Waals surface area contributed by atoms with Crippen LogP contribution in [0.3, 0.4) is 0 Å². The molecule has 5 nitrogen and oxygen atoms in total. The Balaban J connectivity index is 1.36. The Bertz CT molecular complexity index is 955. The lowest BCUT2D eigenvalue weighted by molar-refractivity contribution is -0.115. The van der Waals surface area contributed by atoms with E-state index in [2.05, 4.69) is 15.2 Å². The third kappa shape index (κ3) is 4.46. The minimum Gasteiger partial charge on any atom is -0.378 e. The number of pyridine rings is 1. The van der Waals surface area contributed by atoms with Crippen molar-refractivity contribution in [3.8, 4) is 0 Å². The van der Waals surface area contributed by atoms with Crippen molar-refractivity contribution in [3.63, 3.8) is 0 Å². The van der Waals surface area contributed by atoms with Gasteiger partial charge in [-0.3, -0.25) is 4.79 Å². The molecule has 28 heavy (non-hydrogen) atoms. The second kappa shape index (κ2) is 8.63. The third-order valence-electron chi connectivity index (χ3n) is 4.75. The topological polar surface area (TPSA) is 54.5 Å². The largest absolute Gasteiger partial charge is 0.378 e. The number of rotatable bonds is 5. The minimum absolute atomic E-state index is 0.0286. The number of benzene rings is 2. The van der Waals surface area contributed by atoms with Gasteiger partial charge in [0.25, 0.3) is 0 Å². The van der Waals surface area contributed by atoms with Gasteiger partial charge in [-0.1, -0.05) is 36.0 Å². The number of para-hydroxylation sites is 1. The number of aromatic nitrogens is 1. The number of anilines is 2. The molecule has 1 saturated heterocycles. The van der Waals surface area contributed by atoms with Crippen molar-refractivity contribution in [3.05, 3.63) is 60.7 Å². The molecule has 2 heterocycles. The number of fused-ring (bicyclic) bond motifs is 1. The maximum atomic E-state index is 12.6. The van der Waals surface area contributed by atoms with Gasteiger partial charge in [-0.25, -0.2) is 4.98 Å². The number of nitrogens with zero attached hydrogens (tertiary/aromatic N) is 2. The van der Waals surface area contributed by atoms with Gasteiger partial charge in [0, 0.05) is 29.9 Å². The number of carbonyl (C=O) groups excluding carboxylic acids is 1. The second-order valence-electron chi connectivity index (χ2n) is 6.74. The van der Waals surface area contributed by atoms with Crippen molar-refractivity contribution < 1.29 is 9.53 Å². The van der Waals surface area contributed by atoms with Crippen LogP contribution >= 0.6 is 11.8 Å². The molecule has 144 valence electrons. The monoisotopic (exact) mass is 393 g/mol. The van der Waals surface area contributed by atoms with Gasteiger partial charge in [0.1, 0.15) is 0 Å². The Kier molecular flexibility index (Phi) is 5.78. The molecule has 0 unspecified atom stereocenters. The Morgan fingerprint density at radius 3 is 2.61 bits per heavy atom. The molecule has 0 saturated carbocycles. The molecule has 0 spiro atoms. The molecule has 1 aromatic heterocycles. The van der Waals surface area contributed by atoms with Crippen molar-refractivity contribution in [2.75, 3.05) is 36.5 Å². The summed E-state index contributed by atoms with van der Waals surface area (Å²) in [4.78, 5) is 19.5. The number of morpholine rings is 1. The van der Waals surface area contributed by atoms with Crippen LogP contribution in [0.15, 0.2) is 65.7 Å². The van der Waals surface area contributed by atoms with Gasteiger partial charge in [0.05, 0.1) is 29.0 Å². The highest BCUT2D eigenvalue weighted by atomic mass is 32.2. The van der Waals surface area contributed by atoms with E-state index in [-0.39, 0.29) is 11.2 Å². The summed E-state index contributed by atoms with van der Waals surface area (Å²) in [7, 11) is 0. The minimum atomic E-state index is -0.243. The first-order chi connectivity index (χ1) is 13.7. The first-order valence-electron chi connectivity index (χ1n) is 9.45. The lowest BCUT2D eigenvalue weighted by atomic mass is 10.2. The summed E-state index contributed by atoms with van der Waals surface area (Å²) >= 11 is 1.47. The zero-order chi connectivity index (χ0) is 19.3. The summed E-state index contributed by atoms with van der Waals surface area (Å²) in [5.41, 5.74) is 2.91. The van der Waals surface area contributed by atoms with Crippen LogP contribution < -0.4 is 10.2 Å². The van der Waals surface area contributed by atoms with E-state index >= 15 is 0 Å². The third-order valence-corrected chi connectivity index (χ3v) is 5.79. The summed E-state index contributed by atoms with van der Waals surface area (Å²) in [6.07, 6.45) is 0.